The normalized spacial score (nSPS) is 20.6. The maximum atomic E-state index is 11.7. The minimum Gasteiger partial charge on any atom is -0.302 e. The number of aryl methyl sites for hydroxylation is 1. The summed E-state index contributed by atoms with van der Waals surface area (Å²) in [7, 11) is 0. The van der Waals surface area contributed by atoms with Gasteiger partial charge >= 0.3 is 0 Å². The first kappa shape index (κ1) is 21.0. The van der Waals surface area contributed by atoms with Gasteiger partial charge in [-0.05, 0) is 73.5 Å². The molecular formula is C24H31ClN2O. The van der Waals surface area contributed by atoms with E-state index in [4.69, 9.17) is 11.6 Å². The van der Waals surface area contributed by atoms with E-state index in [9.17, 15) is 4.79 Å². The zero-order chi connectivity index (χ0) is 19.8. The summed E-state index contributed by atoms with van der Waals surface area (Å²) < 4.78 is 0. The summed E-state index contributed by atoms with van der Waals surface area (Å²) in [5.41, 5.74) is 3.47. The lowest BCUT2D eigenvalue weighted by atomic mass is 9.78. The van der Waals surface area contributed by atoms with Gasteiger partial charge in [-0.2, -0.15) is 0 Å². The number of halogens is 1. The fourth-order valence-electron chi connectivity index (χ4n) is 4.34. The zero-order valence-electron chi connectivity index (χ0n) is 16.8. The Balaban J connectivity index is 1.63. The summed E-state index contributed by atoms with van der Waals surface area (Å²) in [5.74, 6) is 2.34. The van der Waals surface area contributed by atoms with Crippen LogP contribution in [0.15, 0.2) is 36.7 Å². The third-order valence-electron chi connectivity index (χ3n) is 6.05. The van der Waals surface area contributed by atoms with Crippen molar-refractivity contribution in [3.05, 3.63) is 59.2 Å². The molecule has 2 aromatic rings. The number of alkyl halides is 1. The third kappa shape index (κ3) is 5.41. The van der Waals surface area contributed by atoms with Crippen LogP contribution in [-0.2, 0) is 11.2 Å². The van der Waals surface area contributed by atoms with Gasteiger partial charge in [0.15, 0.2) is 0 Å². The van der Waals surface area contributed by atoms with E-state index in [0.717, 1.165) is 42.9 Å². The fraction of sp³-hybridized carbons (Fsp3) is 0.542. The Labute approximate surface area is 173 Å². The van der Waals surface area contributed by atoms with Gasteiger partial charge in [-0.1, -0.05) is 37.6 Å². The number of carbonyl (C=O) groups excluding carboxylic acids is 1. The SMILES string of the molecule is CCCc1ccc(C(C=O)c2ncc(C3CCC(CCCCl)CC3)cn2)cc1. The van der Waals surface area contributed by atoms with Crippen molar-refractivity contribution >= 4 is 17.9 Å². The maximum Gasteiger partial charge on any atom is 0.142 e. The van der Waals surface area contributed by atoms with Gasteiger partial charge < -0.3 is 4.79 Å². The van der Waals surface area contributed by atoms with E-state index in [2.05, 4.69) is 29.0 Å². The van der Waals surface area contributed by atoms with Gasteiger partial charge in [0.2, 0.25) is 0 Å². The topological polar surface area (TPSA) is 42.9 Å². The van der Waals surface area contributed by atoms with Crippen molar-refractivity contribution in [1.82, 2.24) is 9.97 Å². The lowest BCUT2D eigenvalue weighted by Crippen LogP contribution is -2.15. The van der Waals surface area contributed by atoms with E-state index in [-0.39, 0.29) is 0 Å². The van der Waals surface area contributed by atoms with Gasteiger partial charge in [-0.15, -0.1) is 11.6 Å². The molecule has 3 rings (SSSR count). The van der Waals surface area contributed by atoms with Crippen LogP contribution in [0.2, 0.25) is 0 Å². The van der Waals surface area contributed by atoms with Crippen LogP contribution in [0.5, 0.6) is 0 Å². The monoisotopic (exact) mass is 398 g/mol. The molecule has 0 amide bonds. The number of benzene rings is 1. The number of nitrogens with zero attached hydrogens (tertiary/aromatic N) is 2. The first-order valence-corrected chi connectivity index (χ1v) is 11.2. The van der Waals surface area contributed by atoms with Crippen LogP contribution in [0.25, 0.3) is 0 Å². The Bertz CT molecular complexity index is 721. The first-order chi connectivity index (χ1) is 13.7. The summed E-state index contributed by atoms with van der Waals surface area (Å²) >= 11 is 5.82. The molecule has 150 valence electrons. The second-order valence-corrected chi connectivity index (χ2v) is 8.41. The second-order valence-electron chi connectivity index (χ2n) is 8.03. The highest BCUT2D eigenvalue weighted by Crippen LogP contribution is 2.37. The van der Waals surface area contributed by atoms with Gasteiger partial charge in [0.05, 0.1) is 5.92 Å². The number of aromatic nitrogens is 2. The Kier molecular flexibility index (Phi) is 8.02. The lowest BCUT2D eigenvalue weighted by molar-refractivity contribution is -0.108. The Morgan fingerprint density at radius 3 is 2.36 bits per heavy atom. The smallest absolute Gasteiger partial charge is 0.142 e. The molecule has 1 heterocycles. The van der Waals surface area contributed by atoms with Crippen molar-refractivity contribution in [2.75, 3.05) is 5.88 Å². The van der Waals surface area contributed by atoms with Crippen LogP contribution in [0.4, 0.5) is 0 Å². The predicted molar refractivity (Wildman–Crippen MR) is 115 cm³/mol. The molecule has 1 unspecified atom stereocenters. The Hall–Kier alpha value is -1.74. The van der Waals surface area contributed by atoms with E-state index < -0.39 is 5.92 Å². The standard InChI is InChI=1S/C24H31ClN2O/c1-2-4-18-8-12-21(13-9-18)23(17-28)24-26-15-22(16-27-24)20-10-6-19(7-11-20)5-3-14-25/h8-9,12-13,15-17,19-20,23H,2-7,10-11,14H2,1H3. The molecular weight excluding hydrogens is 368 g/mol. The first-order valence-electron chi connectivity index (χ1n) is 10.7. The fourth-order valence-corrected chi connectivity index (χ4v) is 4.49. The molecule has 1 saturated carbocycles. The summed E-state index contributed by atoms with van der Waals surface area (Å²) in [6.07, 6.45) is 14.3. The minimum absolute atomic E-state index is 0.393. The van der Waals surface area contributed by atoms with Crippen molar-refractivity contribution in [3.8, 4) is 0 Å². The van der Waals surface area contributed by atoms with Crippen LogP contribution in [0, 0.1) is 5.92 Å². The van der Waals surface area contributed by atoms with E-state index in [1.54, 1.807) is 0 Å². The van der Waals surface area contributed by atoms with E-state index in [0.29, 0.717) is 11.7 Å². The molecule has 0 bridgehead atoms. The largest absolute Gasteiger partial charge is 0.302 e. The van der Waals surface area contributed by atoms with Crippen molar-refractivity contribution in [2.45, 2.75) is 70.1 Å². The van der Waals surface area contributed by atoms with Gasteiger partial charge in [0, 0.05) is 18.3 Å². The molecule has 1 fully saturated rings. The molecule has 1 aromatic carbocycles. The quantitative estimate of drug-likeness (QED) is 0.381. The van der Waals surface area contributed by atoms with E-state index >= 15 is 0 Å². The van der Waals surface area contributed by atoms with Gasteiger partial charge in [-0.3, -0.25) is 0 Å². The number of carbonyl (C=O) groups is 1. The summed E-state index contributed by atoms with van der Waals surface area (Å²) in [5, 5.41) is 0. The van der Waals surface area contributed by atoms with Gasteiger partial charge in [0.25, 0.3) is 0 Å². The molecule has 0 radical (unpaired) electrons. The highest BCUT2D eigenvalue weighted by molar-refractivity contribution is 6.17. The van der Waals surface area contributed by atoms with Crippen molar-refractivity contribution in [3.63, 3.8) is 0 Å². The third-order valence-corrected chi connectivity index (χ3v) is 6.31. The van der Waals surface area contributed by atoms with Crippen LogP contribution in [-0.4, -0.2) is 22.1 Å². The predicted octanol–water partition coefficient (Wildman–Crippen LogP) is 6.05. The molecule has 28 heavy (non-hydrogen) atoms. The summed E-state index contributed by atoms with van der Waals surface area (Å²) in [4.78, 5) is 20.9. The summed E-state index contributed by atoms with van der Waals surface area (Å²) in [6.45, 7) is 2.17. The van der Waals surface area contributed by atoms with Crippen LogP contribution >= 0.6 is 11.6 Å². The lowest BCUT2D eigenvalue weighted by Gasteiger charge is -2.28. The van der Waals surface area contributed by atoms with E-state index in [1.807, 2.05) is 24.5 Å². The Morgan fingerprint density at radius 1 is 1.11 bits per heavy atom. The molecule has 1 aliphatic rings. The molecule has 0 saturated heterocycles. The number of aldehydes is 1. The second kappa shape index (κ2) is 10.7. The average molecular weight is 399 g/mol. The number of rotatable bonds is 9. The Morgan fingerprint density at radius 2 is 1.79 bits per heavy atom. The zero-order valence-corrected chi connectivity index (χ0v) is 17.6. The van der Waals surface area contributed by atoms with E-state index in [1.165, 1.54) is 43.2 Å². The van der Waals surface area contributed by atoms with Gasteiger partial charge in [-0.25, -0.2) is 9.97 Å². The molecule has 1 aliphatic carbocycles. The highest BCUT2D eigenvalue weighted by Gasteiger charge is 2.23. The van der Waals surface area contributed by atoms with Crippen molar-refractivity contribution in [1.29, 1.82) is 0 Å². The van der Waals surface area contributed by atoms with Gasteiger partial charge in [0.1, 0.15) is 12.1 Å². The maximum absolute atomic E-state index is 11.7. The van der Waals surface area contributed by atoms with Crippen LogP contribution < -0.4 is 0 Å². The minimum atomic E-state index is -0.393. The average Bonchev–Trinajstić information content (AvgIpc) is 2.75. The number of hydrogen-bond acceptors (Lipinski definition) is 3. The highest BCUT2D eigenvalue weighted by atomic mass is 35.5. The van der Waals surface area contributed by atoms with Crippen molar-refractivity contribution in [2.24, 2.45) is 5.92 Å². The molecule has 1 aromatic heterocycles. The van der Waals surface area contributed by atoms with Crippen molar-refractivity contribution < 1.29 is 4.79 Å². The molecule has 0 aliphatic heterocycles. The molecule has 0 spiro atoms. The van der Waals surface area contributed by atoms with Crippen LogP contribution in [0.1, 0.15) is 86.2 Å². The molecule has 4 heteroatoms. The van der Waals surface area contributed by atoms with Crippen LogP contribution in [0.3, 0.4) is 0 Å². The molecule has 0 N–H and O–H groups in total. The molecule has 3 nitrogen and oxygen atoms in total. The summed E-state index contributed by atoms with van der Waals surface area (Å²) in [6, 6.07) is 8.27. The number of hydrogen-bond donors (Lipinski definition) is 0. The molecule has 1 atom stereocenters.